The van der Waals surface area contributed by atoms with Crippen LogP contribution in [0.1, 0.15) is 58.7 Å². The van der Waals surface area contributed by atoms with Crippen LogP contribution in [0, 0.1) is 41.5 Å². The number of rotatable bonds is 3. The van der Waals surface area contributed by atoms with Gasteiger partial charge in [0, 0.05) is 17.7 Å². The number of fused-ring (bicyclic) bond motifs is 1. The Hall–Kier alpha value is -2.07. The first kappa shape index (κ1) is 20.7. The number of thiocarbonyl (C=S) groups is 1. The molecule has 0 radical (unpaired) electrons. The molecule has 0 saturated heterocycles. The molecule has 0 saturated carbocycles. The molecule has 28 heavy (non-hydrogen) atoms. The monoisotopic (exact) mass is 397 g/mol. The van der Waals surface area contributed by atoms with Gasteiger partial charge in [-0.25, -0.2) is 0 Å². The van der Waals surface area contributed by atoms with Crippen LogP contribution in [0.15, 0.2) is 12.1 Å². The van der Waals surface area contributed by atoms with E-state index in [0.717, 1.165) is 51.5 Å². The second-order valence-electron chi connectivity index (χ2n) is 8.58. The zero-order valence-corrected chi connectivity index (χ0v) is 18.9. The van der Waals surface area contributed by atoms with Crippen molar-refractivity contribution in [2.75, 3.05) is 5.32 Å². The molecule has 2 N–H and O–H groups in total. The van der Waals surface area contributed by atoms with Gasteiger partial charge in [0.2, 0.25) is 0 Å². The molecule has 0 aliphatic carbocycles. The van der Waals surface area contributed by atoms with Crippen LogP contribution < -0.4 is 10.1 Å². The van der Waals surface area contributed by atoms with Gasteiger partial charge in [-0.15, -0.1) is 0 Å². The molecule has 2 aromatic carbocycles. The van der Waals surface area contributed by atoms with E-state index < -0.39 is 0 Å². The van der Waals surface area contributed by atoms with Gasteiger partial charge < -0.3 is 15.2 Å². The van der Waals surface area contributed by atoms with Crippen LogP contribution in [0.5, 0.6) is 11.5 Å². The molecule has 150 valence electrons. The van der Waals surface area contributed by atoms with Crippen molar-refractivity contribution in [3.63, 3.8) is 0 Å². The molecule has 0 bridgehead atoms. The molecule has 1 aliphatic rings. The van der Waals surface area contributed by atoms with Gasteiger partial charge >= 0.3 is 0 Å². The Morgan fingerprint density at radius 3 is 2.29 bits per heavy atom. The molecular formula is C24H31NO2S. The Morgan fingerprint density at radius 1 is 1.07 bits per heavy atom. The number of hydrogen-bond acceptors (Lipinski definition) is 3. The van der Waals surface area contributed by atoms with E-state index in [2.05, 4.69) is 45.1 Å². The standard InChI is InChI=1S/C24H31NO2S/c1-13-10-14(2)21(15(3)11-13)25-20(28)12-24(7)9-8-19-18(6)22(26)16(4)17(5)23(19)27-24/h10-11,26H,8-9,12H2,1-7H3,(H,25,28). The molecule has 0 spiro atoms. The third kappa shape index (κ3) is 3.75. The van der Waals surface area contributed by atoms with Crippen molar-refractivity contribution < 1.29 is 9.84 Å². The molecule has 1 unspecified atom stereocenters. The maximum absolute atomic E-state index is 10.4. The molecule has 0 amide bonds. The van der Waals surface area contributed by atoms with Gasteiger partial charge in [0.25, 0.3) is 0 Å². The van der Waals surface area contributed by atoms with Gasteiger partial charge in [0.15, 0.2) is 0 Å². The first-order chi connectivity index (χ1) is 13.0. The summed E-state index contributed by atoms with van der Waals surface area (Å²) >= 11 is 5.71. The minimum atomic E-state index is -0.357. The minimum Gasteiger partial charge on any atom is -0.507 e. The zero-order chi connectivity index (χ0) is 20.8. The van der Waals surface area contributed by atoms with Crippen LogP contribution in [-0.2, 0) is 6.42 Å². The summed E-state index contributed by atoms with van der Waals surface area (Å²) in [6.07, 6.45) is 2.42. The highest BCUT2D eigenvalue weighted by Crippen LogP contribution is 2.44. The van der Waals surface area contributed by atoms with Gasteiger partial charge in [-0.1, -0.05) is 29.9 Å². The van der Waals surface area contributed by atoms with Gasteiger partial charge in [0.05, 0.1) is 4.99 Å². The maximum atomic E-state index is 10.4. The van der Waals surface area contributed by atoms with Crippen LogP contribution >= 0.6 is 12.2 Å². The van der Waals surface area contributed by atoms with E-state index in [9.17, 15) is 5.11 Å². The lowest BCUT2D eigenvalue weighted by molar-refractivity contribution is 0.0716. The summed E-state index contributed by atoms with van der Waals surface area (Å²) in [4.78, 5) is 0.797. The summed E-state index contributed by atoms with van der Waals surface area (Å²) in [7, 11) is 0. The lowest BCUT2D eigenvalue weighted by atomic mass is 9.85. The quantitative estimate of drug-likeness (QED) is 0.609. The number of ether oxygens (including phenoxy) is 1. The third-order valence-electron chi connectivity index (χ3n) is 6.07. The normalized spacial score (nSPS) is 18.4. The fraction of sp³-hybridized carbons (Fsp3) is 0.458. The van der Waals surface area contributed by atoms with Crippen LogP contribution in [0.4, 0.5) is 5.69 Å². The Kier molecular flexibility index (Phi) is 5.46. The van der Waals surface area contributed by atoms with Crippen molar-refractivity contribution in [3.8, 4) is 11.5 Å². The van der Waals surface area contributed by atoms with E-state index in [1.807, 2.05) is 20.8 Å². The highest BCUT2D eigenvalue weighted by molar-refractivity contribution is 7.80. The van der Waals surface area contributed by atoms with E-state index in [0.29, 0.717) is 12.2 Å². The molecule has 0 aromatic heterocycles. The van der Waals surface area contributed by atoms with E-state index in [1.165, 1.54) is 16.7 Å². The molecular weight excluding hydrogens is 366 g/mol. The Balaban J connectivity index is 1.82. The number of benzene rings is 2. The second kappa shape index (κ2) is 7.40. The number of aryl methyl sites for hydroxylation is 3. The molecule has 3 nitrogen and oxygen atoms in total. The van der Waals surface area contributed by atoms with Crippen LogP contribution in [0.3, 0.4) is 0 Å². The predicted molar refractivity (Wildman–Crippen MR) is 121 cm³/mol. The van der Waals surface area contributed by atoms with E-state index in [4.69, 9.17) is 17.0 Å². The third-order valence-corrected chi connectivity index (χ3v) is 6.31. The Morgan fingerprint density at radius 2 is 1.68 bits per heavy atom. The number of phenols is 1. The highest BCUT2D eigenvalue weighted by atomic mass is 32.1. The number of aromatic hydroxyl groups is 1. The minimum absolute atomic E-state index is 0.357. The predicted octanol–water partition coefficient (Wildman–Crippen LogP) is 6.16. The van der Waals surface area contributed by atoms with Crippen LogP contribution in [0.25, 0.3) is 0 Å². The summed E-state index contributed by atoms with van der Waals surface area (Å²) in [6, 6.07) is 4.35. The lowest BCUT2D eigenvalue weighted by Gasteiger charge is -2.38. The first-order valence-electron chi connectivity index (χ1n) is 9.90. The molecule has 4 heteroatoms. The highest BCUT2D eigenvalue weighted by Gasteiger charge is 2.35. The van der Waals surface area contributed by atoms with Crippen LogP contribution in [-0.4, -0.2) is 15.7 Å². The summed E-state index contributed by atoms with van der Waals surface area (Å²) < 4.78 is 6.52. The topological polar surface area (TPSA) is 41.5 Å². The smallest absolute Gasteiger partial charge is 0.127 e. The number of nitrogens with one attached hydrogen (secondary N) is 1. The van der Waals surface area contributed by atoms with Gasteiger partial charge in [0.1, 0.15) is 17.1 Å². The fourth-order valence-electron chi connectivity index (χ4n) is 4.32. The largest absolute Gasteiger partial charge is 0.507 e. The van der Waals surface area contributed by atoms with Crippen molar-refractivity contribution in [1.82, 2.24) is 0 Å². The molecule has 1 atom stereocenters. The maximum Gasteiger partial charge on any atom is 0.127 e. The average Bonchev–Trinajstić information content (AvgIpc) is 2.60. The Labute approximate surface area is 174 Å². The van der Waals surface area contributed by atoms with Crippen molar-refractivity contribution in [2.24, 2.45) is 0 Å². The van der Waals surface area contributed by atoms with Gasteiger partial charge in [-0.3, -0.25) is 0 Å². The van der Waals surface area contributed by atoms with Crippen molar-refractivity contribution in [2.45, 2.75) is 73.3 Å². The molecule has 0 fully saturated rings. The zero-order valence-electron chi connectivity index (χ0n) is 18.0. The van der Waals surface area contributed by atoms with Gasteiger partial charge in [-0.2, -0.15) is 0 Å². The van der Waals surface area contributed by atoms with E-state index in [1.54, 1.807) is 0 Å². The Bertz CT molecular complexity index is 941. The van der Waals surface area contributed by atoms with Crippen molar-refractivity contribution in [3.05, 3.63) is 51.1 Å². The fourth-order valence-corrected chi connectivity index (χ4v) is 4.73. The summed E-state index contributed by atoms with van der Waals surface area (Å²) in [5.74, 6) is 1.32. The van der Waals surface area contributed by atoms with Crippen molar-refractivity contribution >= 4 is 22.9 Å². The van der Waals surface area contributed by atoms with Crippen molar-refractivity contribution in [1.29, 1.82) is 0 Å². The lowest BCUT2D eigenvalue weighted by Crippen LogP contribution is -2.40. The van der Waals surface area contributed by atoms with E-state index in [-0.39, 0.29) is 5.60 Å². The van der Waals surface area contributed by atoms with Crippen LogP contribution in [0.2, 0.25) is 0 Å². The summed E-state index contributed by atoms with van der Waals surface area (Å²) in [5, 5.41) is 13.8. The second-order valence-corrected chi connectivity index (χ2v) is 9.07. The summed E-state index contributed by atoms with van der Waals surface area (Å²) in [5.41, 5.74) is 8.40. The molecule has 3 rings (SSSR count). The number of phenolic OH excluding ortho intramolecular Hbond substituents is 1. The first-order valence-corrected chi connectivity index (χ1v) is 10.3. The average molecular weight is 398 g/mol. The molecule has 2 aromatic rings. The van der Waals surface area contributed by atoms with Gasteiger partial charge in [-0.05, 0) is 89.1 Å². The molecule has 1 aliphatic heterocycles. The summed E-state index contributed by atoms with van der Waals surface area (Å²) in [6.45, 7) is 14.4. The molecule has 1 heterocycles. The van der Waals surface area contributed by atoms with E-state index >= 15 is 0 Å². The number of hydrogen-bond donors (Lipinski definition) is 2. The number of anilines is 1. The SMILES string of the molecule is Cc1cc(C)c(NC(=S)CC2(C)CCc3c(C)c(O)c(C)c(C)c3O2)c(C)c1.